The molecular formula is C16H13BrFN3O3. The molecule has 2 N–H and O–H groups in total. The summed E-state index contributed by atoms with van der Waals surface area (Å²) in [5, 5.41) is 29.7. The van der Waals surface area contributed by atoms with Crippen LogP contribution in [0.2, 0.25) is 0 Å². The Balaban J connectivity index is 2.31. The van der Waals surface area contributed by atoms with E-state index in [1.165, 1.54) is 24.3 Å². The minimum absolute atomic E-state index is 0.0488. The van der Waals surface area contributed by atoms with Gasteiger partial charge in [0.05, 0.1) is 15.0 Å². The zero-order valence-electron chi connectivity index (χ0n) is 12.8. The molecular weight excluding hydrogens is 381 g/mol. The highest BCUT2D eigenvalue weighted by Gasteiger charge is 2.29. The fourth-order valence-electron chi connectivity index (χ4n) is 2.71. The Morgan fingerprint density at radius 2 is 2.08 bits per heavy atom. The van der Waals surface area contributed by atoms with Crippen LogP contribution in [0.3, 0.4) is 0 Å². The zero-order chi connectivity index (χ0) is 17.6. The lowest BCUT2D eigenvalue weighted by molar-refractivity contribution is -0.386. The van der Waals surface area contributed by atoms with Crippen LogP contribution in [0.1, 0.15) is 28.5 Å². The van der Waals surface area contributed by atoms with E-state index in [0.29, 0.717) is 26.6 Å². The first-order valence-corrected chi connectivity index (χ1v) is 7.86. The molecule has 0 fully saturated rings. The first-order valence-electron chi connectivity index (χ1n) is 7.06. The van der Waals surface area contributed by atoms with E-state index in [4.69, 9.17) is 0 Å². The van der Waals surface area contributed by atoms with E-state index in [2.05, 4.69) is 26.1 Å². The molecule has 8 heteroatoms. The number of hydrogen-bond acceptors (Lipinski definition) is 4. The topological polar surface area (TPSA) is 92.0 Å². The number of hydrogen-bond donors (Lipinski definition) is 2. The fraction of sp³-hybridized carbons (Fsp3) is 0.188. The van der Waals surface area contributed by atoms with Crippen molar-refractivity contribution in [1.82, 2.24) is 10.2 Å². The molecule has 0 saturated carbocycles. The second kappa shape index (κ2) is 5.95. The Labute approximate surface area is 144 Å². The van der Waals surface area contributed by atoms with E-state index in [1.807, 2.05) is 0 Å². The summed E-state index contributed by atoms with van der Waals surface area (Å²) in [5.74, 6) is -0.523. The minimum Gasteiger partial charge on any atom is -0.383 e. The number of aliphatic hydroxyl groups excluding tert-OH is 1. The van der Waals surface area contributed by atoms with Crippen molar-refractivity contribution in [2.75, 3.05) is 0 Å². The molecule has 0 aliphatic carbocycles. The summed E-state index contributed by atoms with van der Waals surface area (Å²) < 4.78 is 13.9. The molecule has 124 valence electrons. The molecule has 1 aromatic heterocycles. The van der Waals surface area contributed by atoms with Crippen LogP contribution < -0.4 is 0 Å². The number of H-pyrrole nitrogens is 1. The van der Waals surface area contributed by atoms with Gasteiger partial charge in [0.1, 0.15) is 17.4 Å². The zero-order valence-corrected chi connectivity index (χ0v) is 14.4. The van der Waals surface area contributed by atoms with Crippen LogP contribution in [0, 0.1) is 29.8 Å². The van der Waals surface area contributed by atoms with E-state index in [1.54, 1.807) is 13.8 Å². The molecule has 6 nitrogen and oxygen atoms in total. The monoisotopic (exact) mass is 393 g/mol. The maximum atomic E-state index is 13.6. The van der Waals surface area contributed by atoms with E-state index >= 15 is 0 Å². The number of rotatable bonds is 3. The Morgan fingerprint density at radius 1 is 1.38 bits per heavy atom. The number of fused-ring (bicyclic) bond motifs is 1. The fourth-order valence-corrected chi connectivity index (χ4v) is 3.43. The predicted octanol–water partition coefficient (Wildman–Crippen LogP) is 4.07. The summed E-state index contributed by atoms with van der Waals surface area (Å²) in [6.07, 6.45) is -1.36. The number of nitrogens with zero attached hydrogens (tertiary/aromatic N) is 2. The lowest BCUT2D eigenvalue weighted by Gasteiger charge is -2.16. The highest BCUT2D eigenvalue weighted by molar-refractivity contribution is 9.10. The lowest BCUT2D eigenvalue weighted by atomic mass is 9.95. The molecule has 1 heterocycles. The van der Waals surface area contributed by atoms with E-state index in [9.17, 15) is 19.6 Å². The first kappa shape index (κ1) is 16.5. The number of aryl methyl sites for hydroxylation is 2. The maximum absolute atomic E-state index is 13.6. The molecule has 24 heavy (non-hydrogen) atoms. The largest absolute Gasteiger partial charge is 0.383 e. The number of halogens is 2. The van der Waals surface area contributed by atoms with Gasteiger partial charge < -0.3 is 5.11 Å². The average Bonchev–Trinajstić information content (AvgIpc) is 2.90. The van der Waals surface area contributed by atoms with Gasteiger partial charge in [0, 0.05) is 17.1 Å². The van der Waals surface area contributed by atoms with Crippen LogP contribution in [0.4, 0.5) is 10.1 Å². The lowest BCUT2D eigenvalue weighted by Crippen LogP contribution is -2.07. The number of nitro benzene ring substituents is 1. The van der Waals surface area contributed by atoms with Crippen molar-refractivity contribution >= 4 is 32.5 Å². The van der Waals surface area contributed by atoms with Crippen molar-refractivity contribution in [2.45, 2.75) is 20.0 Å². The van der Waals surface area contributed by atoms with Crippen LogP contribution in [0.5, 0.6) is 0 Å². The van der Waals surface area contributed by atoms with Crippen molar-refractivity contribution in [1.29, 1.82) is 0 Å². The number of aromatic amines is 1. The molecule has 3 aromatic rings. The standard InChI is InChI=1S/C16H13BrFN3O3/c1-7-3-4-9(18)5-10(7)16(22)13-12(21(23)24)6-11-8(2)19-20-15(11)14(13)17/h3-6,16,22H,1-2H3,(H,19,20). The van der Waals surface area contributed by atoms with Crippen LogP contribution in [0.15, 0.2) is 28.7 Å². The van der Waals surface area contributed by atoms with Gasteiger partial charge in [-0.25, -0.2) is 4.39 Å². The molecule has 1 unspecified atom stereocenters. The van der Waals surface area contributed by atoms with Crippen molar-refractivity contribution in [3.8, 4) is 0 Å². The number of nitro groups is 1. The normalized spacial score (nSPS) is 12.5. The van der Waals surface area contributed by atoms with Gasteiger partial charge >= 0.3 is 0 Å². The Morgan fingerprint density at radius 3 is 2.75 bits per heavy atom. The van der Waals surface area contributed by atoms with E-state index in [0.717, 1.165) is 0 Å². The van der Waals surface area contributed by atoms with Gasteiger partial charge in [0.15, 0.2) is 0 Å². The third-order valence-electron chi connectivity index (χ3n) is 4.00. The second-order valence-electron chi connectivity index (χ2n) is 5.53. The number of nitrogens with one attached hydrogen (secondary N) is 1. The predicted molar refractivity (Wildman–Crippen MR) is 90.4 cm³/mol. The Hall–Kier alpha value is -2.32. The molecule has 0 radical (unpaired) electrons. The van der Waals surface area contributed by atoms with Crippen LogP contribution in [-0.4, -0.2) is 20.2 Å². The van der Waals surface area contributed by atoms with Gasteiger partial charge in [-0.15, -0.1) is 0 Å². The van der Waals surface area contributed by atoms with Gasteiger partial charge in [0.25, 0.3) is 5.69 Å². The minimum atomic E-state index is -1.36. The highest BCUT2D eigenvalue weighted by atomic mass is 79.9. The summed E-state index contributed by atoms with van der Waals surface area (Å²) in [6, 6.07) is 5.34. The van der Waals surface area contributed by atoms with Crippen molar-refractivity contribution < 1.29 is 14.4 Å². The smallest absolute Gasteiger partial charge is 0.277 e. The van der Waals surface area contributed by atoms with Crippen molar-refractivity contribution in [3.05, 3.63) is 67.1 Å². The van der Waals surface area contributed by atoms with E-state index < -0.39 is 16.8 Å². The molecule has 0 aliphatic heterocycles. The highest BCUT2D eigenvalue weighted by Crippen LogP contribution is 2.41. The summed E-state index contributed by atoms with van der Waals surface area (Å²) in [7, 11) is 0. The Bertz CT molecular complexity index is 971. The average molecular weight is 394 g/mol. The SMILES string of the molecule is Cc1ccc(F)cc1C(O)c1c([N+](=O)[O-])cc2c(C)[nH]nc2c1Br. The first-order chi connectivity index (χ1) is 11.3. The Kier molecular flexibility index (Phi) is 4.10. The molecule has 1 atom stereocenters. The van der Waals surface area contributed by atoms with Crippen LogP contribution >= 0.6 is 15.9 Å². The van der Waals surface area contributed by atoms with Crippen molar-refractivity contribution in [3.63, 3.8) is 0 Å². The maximum Gasteiger partial charge on any atom is 0.277 e. The third-order valence-corrected chi connectivity index (χ3v) is 4.80. The number of aliphatic hydroxyl groups is 1. The summed E-state index contributed by atoms with van der Waals surface area (Å²) in [6.45, 7) is 3.45. The molecule has 0 saturated heterocycles. The molecule has 0 bridgehead atoms. The molecule has 0 aliphatic rings. The van der Waals surface area contributed by atoms with Gasteiger partial charge in [-0.3, -0.25) is 15.2 Å². The van der Waals surface area contributed by atoms with E-state index in [-0.39, 0.29) is 16.8 Å². The molecule has 3 rings (SSSR count). The summed E-state index contributed by atoms with van der Waals surface area (Å²) in [4.78, 5) is 10.9. The third kappa shape index (κ3) is 2.57. The van der Waals surface area contributed by atoms with Gasteiger partial charge in [-0.1, -0.05) is 6.07 Å². The molecule has 0 amide bonds. The van der Waals surface area contributed by atoms with Gasteiger partial charge in [-0.2, -0.15) is 5.10 Å². The quantitative estimate of drug-likeness (QED) is 0.518. The number of aromatic nitrogens is 2. The number of benzene rings is 2. The van der Waals surface area contributed by atoms with Gasteiger partial charge in [-0.05, 0) is 53.0 Å². The van der Waals surface area contributed by atoms with Crippen LogP contribution in [0.25, 0.3) is 10.9 Å². The van der Waals surface area contributed by atoms with Gasteiger partial charge in [0.2, 0.25) is 0 Å². The summed E-state index contributed by atoms with van der Waals surface area (Å²) in [5.41, 5.74) is 1.84. The second-order valence-corrected chi connectivity index (χ2v) is 6.32. The molecule has 0 spiro atoms. The van der Waals surface area contributed by atoms with Crippen LogP contribution in [-0.2, 0) is 0 Å². The summed E-state index contributed by atoms with van der Waals surface area (Å²) >= 11 is 3.31. The van der Waals surface area contributed by atoms with Crippen molar-refractivity contribution in [2.24, 2.45) is 0 Å². The molecule has 2 aromatic carbocycles.